The van der Waals surface area contributed by atoms with Crippen LogP contribution >= 0.6 is 11.8 Å². The van der Waals surface area contributed by atoms with Crippen molar-refractivity contribution in [2.75, 3.05) is 36.4 Å². The number of carbonyl (C=O) groups excluding carboxylic acids is 2. The van der Waals surface area contributed by atoms with Crippen LogP contribution in [0.4, 0.5) is 17.1 Å². The molecule has 0 aromatic heterocycles. The van der Waals surface area contributed by atoms with E-state index in [-0.39, 0.29) is 29.1 Å². The standard InChI is InChI=1S/C55H61N5O2S/c1-7-59-45-31-23-37-15-9-11-17-43(37)51(45)54(3,4)47(59)33-25-39-21-22-40(26-34-48-55(5,6)52-44-18-12-10-16-38(44)24-32-46(52)60(48)8-2)53(39)63-42-29-27-41(28-30-42)58-50(62)20-13-19-49(61)57-36-14-35-56/h9-12,15-18,23-34H,7-8,13-14,19-22,35-36,56H2,1-6H3,(H-,57,58,61,62)/p+1. The first kappa shape index (κ1) is 43.9. The highest BCUT2D eigenvalue weighted by Crippen LogP contribution is 2.51. The van der Waals surface area contributed by atoms with E-state index in [1.54, 1.807) is 11.8 Å². The third-order valence-electron chi connectivity index (χ3n) is 13.1. The number of amides is 2. The molecule has 8 heteroatoms. The van der Waals surface area contributed by atoms with Crippen LogP contribution in [-0.2, 0) is 20.4 Å². The fourth-order valence-electron chi connectivity index (χ4n) is 10.0. The smallest absolute Gasteiger partial charge is 0.224 e. The summed E-state index contributed by atoms with van der Waals surface area (Å²) in [6, 6.07) is 34.8. The fourth-order valence-corrected chi connectivity index (χ4v) is 11.1. The van der Waals surface area contributed by atoms with Crippen molar-refractivity contribution in [2.24, 2.45) is 5.73 Å². The zero-order valence-corrected chi connectivity index (χ0v) is 38.6. The average molecular weight is 857 g/mol. The van der Waals surface area contributed by atoms with E-state index in [1.165, 1.54) is 71.5 Å². The first-order chi connectivity index (χ1) is 30.5. The van der Waals surface area contributed by atoms with E-state index in [1.807, 2.05) is 12.1 Å². The number of thioether (sulfide) groups is 1. The molecule has 0 fully saturated rings. The van der Waals surface area contributed by atoms with Crippen LogP contribution in [-0.4, -0.2) is 48.3 Å². The van der Waals surface area contributed by atoms with Gasteiger partial charge >= 0.3 is 0 Å². The van der Waals surface area contributed by atoms with Gasteiger partial charge in [-0.15, -0.1) is 0 Å². The van der Waals surface area contributed by atoms with Crippen LogP contribution in [0.5, 0.6) is 0 Å². The molecule has 0 saturated heterocycles. The molecule has 324 valence electrons. The fraction of sp³-hybridized carbons (Fsp3) is 0.327. The molecule has 0 saturated carbocycles. The maximum atomic E-state index is 12.8. The number of anilines is 2. The summed E-state index contributed by atoms with van der Waals surface area (Å²) in [5.74, 6) is -0.137. The van der Waals surface area contributed by atoms with Crippen molar-refractivity contribution in [3.63, 3.8) is 0 Å². The zero-order chi connectivity index (χ0) is 44.3. The highest BCUT2D eigenvalue weighted by atomic mass is 32.2. The maximum absolute atomic E-state index is 12.8. The van der Waals surface area contributed by atoms with Gasteiger partial charge < -0.3 is 21.3 Å². The first-order valence-corrected chi connectivity index (χ1v) is 23.6. The number of rotatable bonds is 15. The van der Waals surface area contributed by atoms with Gasteiger partial charge in [0.25, 0.3) is 0 Å². The van der Waals surface area contributed by atoms with Crippen LogP contribution in [0, 0.1) is 0 Å². The monoisotopic (exact) mass is 856 g/mol. The van der Waals surface area contributed by atoms with Crippen LogP contribution in [0.25, 0.3) is 21.5 Å². The molecule has 8 rings (SSSR count). The third-order valence-corrected chi connectivity index (χ3v) is 14.4. The molecule has 2 amide bonds. The van der Waals surface area contributed by atoms with Gasteiger partial charge in [-0.05, 0) is 141 Å². The van der Waals surface area contributed by atoms with Crippen LogP contribution in [0.15, 0.2) is 148 Å². The number of benzene rings is 5. The summed E-state index contributed by atoms with van der Waals surface area (Å²) in [7, 11) is 0. The number of hydrogen-bond donors (Lipinski definition) is 3. The Morgan fingerprint density at radius 2 is 1.44 bits per heavy atom. The normalized spacial score (nSPS) is 17.8. The van der Waals surface area contributed by atoms with Gasteiger partial charge in [-0.2, -0.15) is 4.58 Å². The highest BCUT2D eigenvalue weighted by Gasteiger charge is 2.45. The molecule has 5 aromatic carbocycles. The van der Waals surface area contributed by atoms with Gasteiger partial charge in [-0.3, -0.25) is 9.59 Å². The molecule has 5 aromatic rings. The second kappa shape index (κ2) is 18.6. The number of nitrogens with two attached hydrogens (primary N) is 1. The predicted octanol–water partition coefficient (Wildman–Crippen LogP) is 12.0. The van der Waals surface area contributed by atoms with Crippen LogP contribution in [0.2, 0.25) is 0 Å². The third kappa shape index (κ3) is 8.68. The van der Waals surface area contributed by atoms with Crippen molar-refractivity contribution in [1.29, 1.82) is 0 Å². The summed E-state index contributed by atoms with van der Waals surface area (Å²) in [6.45, 7) is 16.9. The molecule has 2 heterocycles. The summed E-state index contributed by atoms with van der Waals surface area (Å²) in [5, 5.41) is 11.1. The van der Waals surface area contributed by atoms with E-state index in [2.05, 4.69) is 171 Å². The van der Waals surface area contributed by atoms with Gasteiger partial charge in [0, 0.05) is 75.9 Å². The molecule has 0 radical (unpaired) electrons. The molecule has 63 heavy (non-hydrogen) atoms. The van der Waals surface area contributed by atoms with E-state index in [0.29, 0.717) is 25.9 Å². The van der Waals surface area contributed by atoms with Crippen LogP contribution < -0.4 is 21.3 Å². The van der Waals surface area contributed by atoms with Gasteiger partial charge in [0.15, 0.2) is 5.71 Å². The Hall–Kier alpha value is -5.70. The van der Waals surface area contributed by atoms with Crippen molar-refractivity contribution in [2.45, 2.75) is 95.8 Å². The number of hydrogen-bond acceptors (Lipinski definition) is 5. The summed E-state index contributed by atoms with van der Waals surface area (Å²) >= 11 is 1.81. The molecule has 4 N–H and O–H groups in total. The molecule has 3 aliphatic rings. The van der Waals surface area contributed by atoms with Gasteiger partial charge in [0.2, 0.25) is 17.5 Å². The quantitative estimate of drug-likeness (QED) is 0.0721. The first-order valence-electron chi connectivity index (χ1n) is 22.8. The second-order valence-corrected chi connectivity index (χ2v) is 19.0. The van der Waals surface area contributed by atoms with E-state index in [9.17, 15) is 9.59 Å². The minimum absolute atomic E-state index is 0.0435. The molecule has 0 unspecified atom stereocenters. The minimum Gasteiger partial charge on any atom is -0.356 e. The maximum Gasteiger partial charge on any atom is 0.224 e. The molecular formula is C55H62N5O2S+. The largest absolute Gasteiger partial charge is 0.356 e. The lowest BCUT2D eigenvalue weighted by molar-refractivity contribution is -0.433. The predicted molar refractivity (Wildman–Crippen MR) is 265 cm³/mol. The van der Waals surface area contributed by atoms with Crippen molar-refractivity contribution < 1.29 is 14.2 Å². The molecule has 0 bridgehead atoms. The molecule has 1 aliphatic carbocycles. The summed E-state index contributed by atoms with van der Waals surface area (Å²) in [6.07, 6.45) is 13.3. The van der Waals surface area contributed by atoms with Gasteiger partial charge in [0.05, 0.1) is 5.41 Å². The average Bonchev–Trinajstić information content (AvgIpc) is 3.85. The number of carbonyl (C=O) groups is 2. The summed E-state index contributed by atoms with van der Waals surface area (Å²) in [4.78, 5) is 29.8. The van der Waals surface area contributed by atoms with Crippen LogP contribution in [0.3, 0.4) is 0 Å². The molecule has 2 aliphatic heterocycles. The van der Waals surface area contributed by atoms with E-state index >= 15 is 0 Å². The number of allylic oxidation sites excluding steroid dienone is 7. The lowest BCUT2D eigenvalue weighted by Gasteiger charge is -2.26. The van der Waals surface area contributed by atoms with Gasteiger partial charge in [0.1, 0.15) is 6.54 Å². The van der Waals surface area contributed by atoms with E-state index < -0.39 is 0 Å². The zero-order valence-electron chi connectivity index (χ0n) is 37.8. The Balaban J connectivity index is 1.10. The Morgan fingerprint density at radius 1 is 0.762 bits per heavy atom. The Morgan fingerprint density at radius 3 is 2.14 bits per heavy atom. The molecular weight excluding hydrogens is 795 g/mol. The molecule has 0 spiro atoms. The second-order valence-electron chi connectivity index (χ2n) is 17.9. The Bertz CT molecular complexity index is 2740. The molecule has 0 atom stereocenters. The SMILES string of the molecule is CCN1/C(=C/C=C2\CCC(/C=C/C3=[N+](CC)c4ccc5ccccc5c4C3(C)C)=C2Sc2ccc(NC(=O)CCCC(=O)NCCCN)cc2)C(C)(C)c2c1ccc1ccccc21. The molecule has 7 nitrogen and oxygen atoms in total. The topological polar surface area (TPSA) is 90.5 Å². The van der Waals surface area contributed by atoms with Crippen molar-refractivity contribution >= 4 is 67.9 Å². The number of fused-ring (bicyclic) bond motifs is 6. The number of nitrogens with zero attached hydrogens (tertiary/aromatic N) is 2. The lowest BCUT2D eigenvalue weighted by Crippen LogP contribution is -2.27. The number of nitrogens with one attached hydrogen (secondary N) is 2. The minimum atomic E-state index is -0.174. The van der Waals surface area contributed by atoms with Crippen LogP contribution in [0.1, 0.15) is 91.2 Å². The van der Waals surface area contributed by atoms with E-state index in [0.717, 1.165) is 42.9 Å². The van der Waals surface area contributed by atoms with Gasteiger partial charge in [-0.1, -0.05) is 92.4 Å². The lowest BCUT2D eigenvalue weighted by atomic mass is 9.79. The van der Waals surface area contributed by atoms with Gasteiger partial charge in [-0.25, -0.2) is 0 Å². The summed E-state index contributed by atoms with van der Waals surface area (Å²) in [5.41, 5.74) is 16.6. The van der Waals surface area contributed by atoms with E-state index in [4.69, 9.17) is 5.73 Å². The van der Waals surface area contributed by atoms with Crippen molar-refractivity contribution in [1.82, 2.24) is 5.32 Å². The highest BCUT2D eigenvalue weighted by molar-refractivity contribution is 8.03. The Kier molecular flexibility index (Phi) is 12.9. The Labute approximate surface area is 377 Å². The van der Waals surface area contributed by atoms with Crippen molar-refractivity contribution in [3.8, 4) is 0 Å². The van der Waals surface area contributed by atoms with Crippen molar-refractivity contribution in [3.05, 3.63) is 154 Å². The number of likely N-dealkylation sites (N-methyl/N-ethyl adjacent to an activating group) is 1. The summed E-state index contributed by atoms with van der Waals surface area (Å²) < 4.78 is 2.50.